The molecule has 2 aromatic rings. The van der Waals surface area contributed by atoms with Crippen molar-refractivity contribution in [3.63, 3.8) is 0 Å². The lowest BCUT2D eigenvalue weighted by atomic mass is 10.2. The molecule has 0 spiro atoms. The monoisotopic (exact) mass is 468 g/mol. The number of nitrogens with one attached hydrogen (secondary N) is 1. The Bertz CT molecular complexity index is 901. The highest BCUT2D eigenvalue weighted by atomic mass is 16.5. The van der Waals surface area contributed by atoms with E-state index in [0.29, 0.717) is 24.7 Å². The van der Waals surface area contributed by atoms with Gasteiger partial charge in [0, 0.05) is 44.5 Å². The van der Waals surface area contributed by atoms with Gasteiger partial charge in [-0.25, -0.2) is 4.98 Å². The maximum atomic E-state index is 12.6. The van der Waals surface area contributed by atoms with Crippen LogP contribution in [0.2, 0.25) is 0 Å². The van der Waals surface area contributed by atoms with Gasteiger partial charge in [-0.15, -0.1) is 0 Å². The Morgan fingerprint density at radius 3 is 2.29 bits per heavy atom. The molecule has 186 valence electrons. The molecule has 1 saturated heterocycles. The van der Waals surface area contributed by atoms with Crippen LogP contribution in [0.25, 0.3) is 0 Å². The van der Waals surface area contributed by atoms with Crippen molar-refractivity contribution >= 4 is 11.7 Å². The molecule has 1 aromatic carbocycles. The van der Waals surface area contributed by atoms with Crippen molar-refractivity contribution in [2.45, 2.75) is 72.6 Å². The van der Waals surface area contributed by atoms with E-state index in [9.17, 15) is 4.79 Å². The first-order chi connectivity index (χ1) is 16.4. The molecule has 1 amide bonds. The molecule has 7 heteroatoms. The molecule has 0 radical (unpaired) electrons. The molecule has 3 rings (SSSR count). The van der Waals surface area contributed by atoms with Crippen LogP contribution >= 0.6 is 0 Å². The van der Waals surface area contributed by atoms with Gasteiger partial charge in [0.1, 0.15) is 5.82 Å². The first-order valence-corrected chi connectivity index (χ1v) is 12.5. The Hall–Kier alpha value is -2.80. The number of hydrogen-bond donors (Lipinski definition) is 1. The molecule has 7 nitrogen and oxygen atoms in total. The molecule has 1 N–H and O–H groups in total. The van der Waals surface area contributed by atoms with E-state index in [1.54, 1.807) is 0 Å². The van der Waals surface area contributed by atoms with Gasteiger partial charge in [0.25, 0.3) is 5.91 Å². The number of nitrogens with zero attached hydrogens (tertiary/aromatic N) is 3. The summed E-state index contributed by atoms with van der Waals surface area (Å²) in [6.07, 6.45) is 4.46. The van der Waals surface area contributed by atoms with Crippen LogP contribution in [-0.4, -0.2) is 54.2 Å². The maximum absolute atomic E-state index is 12.6. The second-order valence-electron chi connectivity index (χ2n) is 9.31. The summed E-state index contributed by atoms with van der Waals surface area (Å²) >= 11 is 0. The largest absolute Gasteiger partial charge is 0.490 e. The number of carbonyl (C=O) groups is 1. The minimum atomic E-state index is -0.0254. The van der Waals surface area contributed by atoms with Gasteiger partial charge >= 0.3 is 0 Å². The summed E-state index contributed by atoms with van der Waals surface area (Å²) < 4.78 is 11.7. The molecule has 0 saturated carbocycles. The van der Waals surface area contributed by atoms with Crippen molar-refractivity contribution in [3.8, 4) is 11.5 Å². The number of benzene rings is 1. The number of hydrogen-bond acceptors (Lipinski definition) is 6. The van der Waals surface area contributed by atoms with Crippen LogP contribution in [0.3, 0.4) is 0 Å². The Kier molecular flexibility index (Phi) is 9.57. The summed E-state index contributed by atoms with van der Waals surface area (Å²) in [5.41, 5.74) is 2.25. The third-order valence-electron chi connectivity index (χ3n) is 5.96. The normalized spacial score (nSPS) is 13.6. The highest BCUT2D eigenvalue weighted by Gasteiger charge is 2.21. The van der Waals surface area contributed by atoms with E-state index in [4.69, 9.17) is 9.47 Å². The van der Waals surface area contributed by atoms with E-state index in [1.165, 1.54) is 12.8 Å². The predicted molar refractivity (Wildman–Crippen MR) is 136 cm³/mol. The van der Waals surface area contributed by atoms with Crippen LogP contribution in [-0.2, 0) is 17.9 Å². The number of amides is 1. The number of anilines is 1. The van der Waals surface area contributed by atoms with Gasteiger partial charge in [0.05, 0.1) is 6.61 Å². The summed E-state index contributed by atoms with van der Waals surface area (Å²) in [6, 6.07) is 10.4. The van der Waals surface area contributed by atoms with E-state index < -0.39 is 0 Å². The Balaban J connectivity index is 1.54. The van der Waals surface area contributed by atoms with Crippen molar-refractivity contribution in [2.24, 2.45) is 0 Å². The topological polar surface area (TPSA) is 66.9 Å². The van der Waals surface area contributed by atoms with Crippen molar-refractivity contribution in [1.29, 1.82) is 0 Å². The zero-order valence-corrected chi connectivity index (χ0v) is 21.3. The van der Waals surface area contributed by atoms with Gasteiger partial charge in [0.2, 0.25) is 0 Å². The molecule has 0 unspecified atom stereocenters. The summed E-state index contributed by atoms with van der Waals surface area (Å²) in [5.74, 6) is 2.30. The van der Waals surface area contributed by atoms with Gasteiger partial charge in [-0.2, -0.15) is 0 Å². The summed E-state index contributed by atoms with van der Waals surface area (Å²) in [7, 11) is 0. The first kappa shape index (κ1) is 25.8. The SMILES string of the molecule is CCOc1cc(CNCc2ccc(N3CCCC3)nc2)ccc1OCC(=O)N(C(C)C)C(C)C. The Morgan fingerprint density at radius 1 is 1.00 bits per heavy atom. The standard InChI is InChI=1S/C27H40N4O3/c1-6-33-25-15-22(9-11-24(25)34-19-27(32)31(20(2)3)21(4)5)16-28-17-23-10-12-26(29-18-23)30-13-7-8-14-30/h9-12,15,18,20-21,28H,6-8,13-14,16-17,19H2,1-5H3. The second kappa shape index (κ2) is 12.6. The quantitative estimate of drug-likeness (QED) is 0.498. The Morgan fingerprint density at radius 2 is 1.68 bits per heavy atom. The number of pyridine rings is 1. The number of rotatable bonds is 12. The third-order valence-corrected chi connectivity index (χ3v) is 5.96. The lowest BCUT2D eigenvalue weighted by Crippen LogP contribution is -2.44. The third kappa shape index (κ3) is 7.10. The minimum Gasteiger partial charge on any atom is -0.490 e. The van der Waals surface area contributed by atoms with Gasteiger partial charge in [0.15, 0.2) is 18.1 Å². The molecule has 0 aliphatic carbocycles. The van der Waals surface area contributed by atoms with Crippen molar-refractivity contribution in [1.82, 2.24) is 15.2 Å². The number of aromatic nitrogens is 1. The molecule has 0 atom stereocenters. The maximum Gasteiger partial charge on any atom is 0.260 e. The zero-order valence-electron chi connectivity index (χ0n) is 21.3. The van der Waals surface area contributed by atoms with E-state index in [0.717, 1.165) is 36.6 Å². The van der Waals surface area contributed by atoms with Crippen LogP contribution in [0.5, 0.6) is 11.5 Å². The van der Waals surface area contributed by atoms with Gasteiger partial charge in [-0.05, 0) is 76.8 Å². The molecule has 1 aliphatic rings. The van der Waals surface area contributed by atoms with Crippen LogP contribution in [0.1, 0.15) is 58.6 Å². The Labute approximate surface area is 204 Å². The molecule has 2 heterocycles. The highest BCUT2D eigenvalue weighted by Crippen LogP contribution is 2.29. The molecule has 1 aromatic heterocycles. The molecule has 1 fully saturated rings. The van der Waals surface area contributed by atoms with E-state index in [2.05, 4.69) is 27.3 Å². The van der Waals surface area contributed by atoms with Crippen LogP contribution < -0.4 is 19.7 Å². The van der Waals surface area contributed by atoms with E-state index in [1.807, 2.05) is 63.9 Å². The number of carbonyl (C=O) groups excluding carboxylic acids is 1. The second-order valence-corrected chi connectivity index (χ2v) is 9.31. The van der Waals surface area contributed by atoms with E-state index >= 15 is 0 Å². The van der Waals surface area contributed by atoms with Crippen molar-refractivity contribution in [3.05, 3.63) is 47.7 Å². The molecular formula is C27H40N4O3. The average Bonchev–Trinajstić information content (AvgIpc) is 3.34. The van der Waals surface area contributed by atoms with Crippen LogP contribution in [0, 0.1) is 0 Å². The summed E-state index contributed by atoms with van der Waals surface area (Å²) in [4.78, 5) is 21.5. The summed E-state index contributed by atoms with van der Waals surface area (Å²) in [6.45, 7) is 14.2. The van der Waals surface area contributed by atoms with Crippen LogP contribution in [0.15, 0.2) is 36.5 Å². The predicted octanol–water partition coefficient (Wildman–Crippen LogP) is 4.39. The van der Waals surface area contributed by atoms with E-state index in [-0.39, 0.29) is 24.6 Å². The highest BCUT2D eigenvalue weighted by molar-refractivity contribution is 5.78. The van der Waals surface area contributed by atoms with Crippen molar-refractivity contribution in [2.75, 3.05) is 31.2 Å². The minimum absolute atomic E-state index is 0.00550. The molecule has 34 heavy (non-hydrogen) atoms. The van der Waals surface area contributed by atoms with Gasteiger partial charge < -0.3 is 24.6 Å². The fourth-order valence-corrected chi connectivity index (χ4v) is 4.44. The molecular weight excluding hydrogens is 428 g/mol. The zero-order chi connectivity index (χ0) is 24.5. The molecule has 1 aliphatic heterocycles. The van der Waals surface area contributed by atoms with Gasteiger partial charge in [-0.3, -0.25) is 4.79 Å². The number of ether oxygens (including phenoxy) is 2. The molecule has 0 bridgehead atoms. The lowest BCUT2D eigenvalue weighted by molar-refractivity contribution is -0.137. The van der Waals surface area contributed by atoms with Gasteiger partial charge in [-0.1, -0.05) is 12.1 Å². The first-order valence-electron chi connectivity index (χ1n) is 12.5. The lowest BCUT2D eigenvalue weighted by Gasteiger charge is -2.30. The smallest absolute Gasteiger partial charge is 0.260 e. The fourth-order valence-electron chi connectivity index (χ4n) is 4.44. The summed E-state index contributed by atoms with van der Waals surface area (Å²) in [5, 5.41) is 3.48. The fraction of sp³-hybridized carbons (Fsp3) is 0.556. The van der Waals surface area contributed by atoms with Crippen molar-refractivity contribution < 1.29 is 14.3 Å². The van der Waals surface area contributed by atoms with Crippen LogP contribution in [0.4, 0.5) is 5.82 Å². The average molecular weight is 469 g/mol.